The summed E-state index contributed by atoms with van der Waals surface area (Å²) in [6.07, 6.45) is 5.95. The summed E-state index contributed by atoms with van der Waals surface area (Å²) in [5.74, 6) is 1.18. The van der Waals surface area contributed by atoms with Gasteiger partial charge >= 0.3 is 0 Å². The van der Waals surface area contributed by atoms with Crippen molar-refractivity contribution in [2.24, 2.45) is 7.05 Å². The SMILES string of the molecule is Cc1cc(C(=O)NC2CCc3nnc(-c4cnn(C)c4)n3CC2)c2ccc(F)cc2n1. The number of nitrogens with zero attached hydrogens (tertiary/aromatic N) is 6. The Balaban J connectivity index is 1.36. The highest BCUT2D eigenvalue weighted by molar-refractivity contribution is 6.06. The molecule has 0 radical (unpaired) electrons. The molecule has 4 aromatic rings. The highest BCUT2D eigenvalue weighted by atomic mass is 19.1. The number of halogens is 1. The highest BCUT2D eigenvalue weighted by Crippen LogP contribution is 2.24. The number of hydrogen-bond acceptors (Lipinski definition) is 5. The molecule has 9 heteroatoms. The lowest BCUT2D eigenvalue weighted by Gasteiger charge is -2.17. The first-order valence-corrected chi connectivity index (χ1v) is 10.3. The van der Waals surface area contributed by atoms with Crippen molar-refractivity contribution in [2.45, 2.75) is 38.8 Å². The van der Waals surface area contributed by atoms with E-state index in [1.165, 1.54) is 12.1 Å². The molecule has 1 atom stereocenters. The maximum Gasteiger partial charge on any atom is 0.252 e. The van der Waals surface area contributed by atoms with E-state index < -0.39 is 0 Å². The summed E-state index contributed by atoms with van der Waals surface area (Å²) >= 11 is 0. The molecular formula is C22H22FN7O. The van der Waals surface area contributed by atoms with E-state index in [2.05, 4.69) is 30.2 Å². The molecule has 1 N–H and O–H groups in total. The molecule has 1 aliphatic rings. The fraction of sp³-hybridized carbons (Fsp3) is 0.318. The van der Waals surface area contributed by atoms with E-state index in [1.807, 2.05) is 13.2 Å². The molecule has 0 aliphatic carbocycles. The number of rotatable bonds is 3. The number of nitrogens with one attached hydrogen (secondary N) is 1. The zero-order chi connectivity index (χ0) is 21.5. The summed E-state index contributed by atoms with van der Waals surface area (Å²) in [4.78, 5) is 17.5. The van der Waals surface area contributed by atoms with E-state index in [0.717, 1.165) is 36.5 Å². The monoisotopic (exact) mass is 419 g/mol. The van der Waals surface area contributed by atoms with E-state index >= 15 is 0 Å². The Hall–Kier alpha value is -3.62. The molecule has 158 valence electrons. The molecule has 3 aromatic heterocycles. The highest BCUT2D eigenvalue weighted by Gasteiger charge is 2.23. The third-order valence-electron chi connectivity index (χ3n) is 5.69. The quantitative estimate of drug-likeness (QED) is 0.552. The first-order valence-electron chi connectivity index (χ1n) is 10.3. The Labute approximate surface area is 178 Å². The number of benzene rings is 1. The molecule has 0 spiro atoms. The second-order valence-electron chi connectivity index (χ2n) is 7.96. The molecule has 31 heavy (non-hydrogen) atoms. The van der Waals surface area contributed by atoms with Gasteiger partial charge in [0.15, 0.2) is 5.82 Å². The van der Waals surface area contributed by atoms with Crippen molar-refractivity contribution in [3.63, 3.8) is 0 Å². The van der Waals surface area contributed by atoms with Crippen LogP contribution in [0.15, 0.2) is 36.7 Å². The molecular weight excluding hydrogens is 397 g/mol. The second kappa shape index (κ2) is 7.57. The molecule has 1 aromatic carbocycles. The molecule has 1 amide bonds. The fourth-order valence-electron chi connectivity index (χ4n) is 4.17. The first-order chi connectivity index (χ1) is 15.0. The van der Waals surface area contributed by atoms with Crippen molar-refractivity contribution in [1.82, 2.24) is 34.8 Å². The number of amides is 1. The van der Waals surface area contributed by atoms with Crippen molar-refractivity contribution >= 4 is 16.8 Å². The van der Waals surface area contributed by atoms with Crippen molar-refractivity contribution in [3.8, 4) is 11.4 Å². The van der Waals surface area contributed by atoms with Crippen LogP contribution in [0.2, 0.25) is 0 Å². The van der Waals surface area contributed by atoms with Gasteiger partial charge in [-0.1, -0.05) is 0 Å². The van der Waals surface area contributed by atoms with Crippen LogP contribution in [0.1, 0.15) is 34.7 Å². The van der Waals surface area contributed by atoms with Gasteiger partial charge in [-0.05, 0) is 38.0 Å². The first kappa shape index (κ1) is 19.3. The van der Waals surface area contributed by atoms with Gasteiger partial charge in [0, 0.05) is 49.4 Å². The molecule has 5 rings (SSSR count). The fourth-order valence-corrected chi connectivity index (χ4v) is 4.17. The van der Waals surface area contributed by atoms with E-state index in [-0.39, 0.29) is 17.8 Å². The van der Waals surface area contributed by atoms with Crippen LogP contribution in [-0.2, 0) is 20.0 Å². The summed E-state index contributed by atoms with van der Waals surface area (Å²) in [5, 5.41) is 16.7. The van der Waals surface area contributed by atoms with Gasteiger partial charge in [-0.15, -0.1) is 10.2 Å². The lowest BCUT2D eigenvalue weighted by atomic mass is 10.0. The van der Waals surface area contributed by atoms with Gasteiger partial charge in [-0.25, -0.2) is 4.39 Å². The Morgan fingerprint density at radius 2 is 2.10 bits per heavy atom. The number of fused-ring (bicyclic) bond motifs is 2. The van der Waals surface area contributed by atoms with Gasteiger partial charge in [-0.2, -0.15) is 5.10 Å². The smallest absolute Gasteiger partial charge is 0.252 e. The Morgan fingerprint density at radius 1 is 1.23 bits per heavy atom. The van der Waals surface area contributed by atoms with Crippen molar-refractivity contribution in [2.75, 3.05) is 0 Å². The molecule has 0 saturated carbocycles. The van der Waals surface area contributed by atoms with E-state index in [4.69, 9.17) is 0 Å². The van der Waals surface area contributed by atoms with E-state index in [9.17, 15) is 9.18 Å². The summed E-state index contributed by atoms with van der Waals surface area (Å²) in [5.41, 5.74) is 2.60. The van der Waals surface area contributed by atoms with Crippen LogP contribution >= 0.6 is 0 Å². The minimum atomic E-state index is -0.367. The minimum Gasteiger partial charge on any atom is -0.349 e. The van der Waals surface area contributed by atoms with Crippen LogP contribution in [0.5, 0.6) is 0 Å². The molecule has 0 bridgehead atoms. The lowest BCUT2D eigenvalue weighted by molar-refractivity contribution is 0.0934. The van der Waals surface area contributed by atoms with Gasteiger partial charge in [0.2, 0.25) is 0 Å². The zero-order valence-electron chi connectivity index (χ0n) is 17.3. The summed E-state index contributed by atoms with van der Waals surface area (Å²) in [6.45, 7) is 2.51. The van der Waals surface area contributed by atoms with Gasteiger partial charge in [0.25, 0.3) is 5.91 Å². The van der Waals surface area contributed by atoms with Crippen LogP contribution < -0.4 is 5.32 Å². The normalized spacial score (nSPS) is 16.2. The topological polar surface area (TPSA) is 90.5 Å². The third kappa shape index (κ3) is 3.67. The molecule has 1 unspecified atom stereocenters. The Kier molecular flexibility index (Phi) is 4.72. The lowest BCUT2D eigenvalue weighted by Crippen LogP contribution is -2.35. The van der Waals surface area contributed by atoms with Crippen molar-refractivity contribution < 1.29 is 9.18 Å². The van der Waals surface area contributed by atoms with Crippen LogP contribution in [0, 0.1) is 12.7 Å². The predicted octanol–water partition coefficient (Wildman–Crippen LogP) is 2.81. The number of carbonyl (C=O) groups excluding carboxylic acids is 1. The number of aryl methyl sites for hydroxylation is 3. The number of pyridine rings is 1. The summed E-state index contributed by atoms with van der Waals surface area (Å²) in [6, 6.07) is 6.08. The molecule has 1 aliphatic heterocycles. The Morgan fingerprint density at radius 3 is 2.90 bits per heavy atom. The van der Waals surface area contributed by atoms with Gasteiger partial charge in [0.1, 0.15) is 11.6 Å². The van der Waals surface area contributed by atoms with Gasteiger partial charge < -0.3 is 9.88 Å². The predicted molar refractivity (Wildman–Crippen MR) is 113 cm³/mol. The van der Waals surface area contributed by atoms with Crippen LogP contribution in [0.3, 0.4) is 0 Å². The van der Waals surface area contributed by atoms with Crippen molar-refractivity contribution in [1.29, 1.82) is 0 Å². The minimum absolute atomic E-state index is 0.0000758. The van der Waals surface area contributed by atoms with Crippen molar-refractivity contribution in [3.05, 3.63) is 59.6 Å². The number of aromatic nitrogens is 6. The number of carbonyl (C=O) groups is 1. The van der Waals surface area contributed by atoms with Gasteiger partial charge in [-0.3, -0.25) is 14.5 Å². The molecule has 0 saturated heterocycles. The zero-order valence-corrected chi connectivity index (χ0v) is 17.3. The van der Waals surface area contributed by atoms with E-state index in [0.29, 0.717) is 28.7 Å². The summed E-state index contributed by atoms with van der Waals surface area (Å²) in [7, 11) is 1.87. The standard InChI is InChI=1S/C22H22FN7O/c1-13-9-18(17-5-3-15(23)10-19(17)25-13)22(31)26-16-4-6-20-27-28-21(30(20)8-7-16)14-11-24-29(2)12-14/h3,5,9-12,16H,4,6-8H2,1-2H3,(H,26,31). The average Bonchev–Trinajstić information content (AvgIpc) is 3.29. The van der Waals surface area contributed by atoms with Crippen LogP contribution in [0.4, 0.5) is 4.39 Å². The average molecular weight is 419 g/mol. The molecule has 8 nitrogen and oxygen atoms in total. The number of hydrogen-bond donors (Lipinski definition) is 1. The second-order valence-corrected chi connectivity index (χ2v) is 7.96. The molecule has 4 heterocycles. The third-order valence-corrected chi connectivity index (χ3v) is 5.69. The Bertz CT molecular complexity index is 1290. The summed E-state index contributed by atoms with van der Waals surface area (Å²) < 4.78 is 17.5. The van der Waals surface area contributed by atoms with Crippen LogP contribution in [0.25, 0.3) is 22.3 Å². The maximum absolute atomic E-state index is 13.6. The maximum atomic E-state index is 13.6. The molecule has 0 fully saturated rings. The van der Waals surface area contributed by atoms with Crippen LogP contribution in [-0.4, -0.2) is 41.5 Å². The van der Waals surface area contributed by atoms with Gasteiger partial charge in [0.05, 0.1) is 22.8 Å². The largest absolute Gasteiger partial charge is 0.349 e. The van der Waals surface area contributed by atoms with E-state index in [1.54, 1.807) is 29.9 Å².